The van der Waals surface area contributed by atoms with Crippen LogP contribution in [0.3, 0.4) is 0 Å². The predicted octanol–water partition coefficient (Wildman–Crippen LogP) is 4.95. The molecule has 0 aromatic carbocycles. The summed E-state index contributed by atoms with van der Waals surface area (Å²) in [5.41, 5.74) is -2.58. The molecule has 0 bridgehead atoms. The van der Waals surface area contributed by atoms with Crippen molar-refractivity contribution in [3.63, 3.8) is 0 Å². The van der Waals surface area contributed by atoms with Crippen molar-refractivity contribution in [2.75, 3.05) is 10.6 Å². The van der Waals surface area contributed by atoms with Crippen LogP contribution in [0.2, 0.25) is 0 Å². The third kappa shape index (κ3) is 6.46. The lowest BCUT2D eigenvalue weighted by atomic mass is 10.2. The number of alkyl halides is 8. The minimum absolute atomic E-state index is 0. The van der Waals surface area contributed by atoms with Crippen LogP contribution >= 0.6 is 13.5 Å². The van der Waals surface area contributed by atoms with Gasteiger partial charge in [0.1, 0.15) is 5.69 Å². The van der Waals surface area contributed by atoms with E-state index < -0.39 is 48.1 Å². The van der Waals surface area contributed by atoms with Gasteiger partial charge in [-0.25, -0.2) is 13.5 Å². The lowest BCUT2D eigenvalue weighted by Crippen LogP contribution is -2.21. The van der Waals surface area contributed by atoms with Crippen molar-refractivity contribution in [2.45, 2.75) is 43.6 Å². The molecule has 1 aliphatic rings. The Morgan fingerprint density at radius 3 is 2.23 bits per heavy atom. The van der Waals surface area contributed by atoms with Gasteiger partial charge in [0, 0.05) is 37.0 Å². The van der Waals surface area contributed by atoms with E-state index in [9.17, 15) is 35.1 Å². The lowest BCUT2D eigenvalue weighted by Gasteiger charge is -2.15. The number of pyridine rings is 1. The molecule has 3 aromatic heterocycles. The topological polar surface area (TPSA) is 93.4 Å². The Morgan fingerprint density at radius 2 is 1.63 bits per heavy atom. The number of aromatic nitrogens is 6. The number of hydrogen-bond acceptors (Lipinski definition) is 7. The predicted molar refractivity (Wildman–Crippen MR) is 111 cm³/mol. The zero-order chi connectivity index (χ0) is 24.7. The number of nitrogens with one attached hydrogen (secondary N) is 2. The molecule has 0 amide bonds. The van der Waals surface area contributed by atoms with E-state index in [4.69, 9.17) is 0 Å². The molecule has 0 aliphatic heterocycles. The van der Waals surface area contributed by atoms with Gasteiger partial charge in [0.2, 0.25) is 17.8 Å². The summed E-state index contributed by atoms with van der Waals surface area (Å²) in [6.45, 7) is 0. The van der Waals surface area contributed by atoms with Crippen molar-refractivity contribution in [2.24, 2.45) is 0 Å². The van der Waals surface area contributed by atoms with E-state index in [0.717, 1.165) is 12.4 Å². The molecule has 0 saturated heterocycles. The summed E-state index contributed by atoms with van der Waals surface area (Å²) in [5, 5.41) is 8.51. The molecule has 8 nitrogen and oxygen atoms in total. The molecule has 3 aromatic rings. The van der Waals surface area contributed by atoms with Crippen LogP contribution in [-0.2, 0) is 12.4 Å². The Balaban J connectivity index is 0.00000342. The molecule has 2 N–H and O–H groups in total. The van der Waals surface area contributed by atoms with E-state index in [1.165, 1.54) is 6.07 Å². The summed E-state index contributed by atoms with van der Waals surface area (Å²) in [7, 11) is 0. The molecule has 0 unspecified atom stereocenters. The Labute approximate surface area is 198 Å². The van der Waals surface area contributed by atoms with Gasteiger partial charge in [-0.15, -0.1) is 0 Å². The maximum atomic E-state index is 13.5. The first-order chi connectivity index (χ1) is 15.8. The zero-order valence-corrected chi connectivity index (χ0v) is 18.3. The summed E-state index contributed by atoms with van der Waals surface area (Å²) in [6.07, 6.45) is -8.49. The largest absolute Gasteiger partial charge is 0.435 e. The van der Waals surface area contributed by atoms with Gasteiger partial charge in [-0.3, -0.25) is 4.98 Å². The van der Waals surface area contributed by atoms with Gasteiger partial charge in [0.15, 0.2) is 5.69 Å². The third-order valence-corrected chi connectivity index (χ3v) is 4.75. The maximum Gasteiger partial charge on any atom is 0.435 e. The minimum Gasteiger partial charge on any atom is -0.351 e. The molecule has 4 rings (SSSR count). The van der Waals surface area contributed by atoms with Gasteiger partial charge in [0.25, 0.3) is 5.95 Å². The van der Waals surface area contributed by atoms with Crippen LogP contribution < -0.4 is 10.6 Å². The quantitative estimate of drug-likeness (QED) is 0.453. The van der Waals surface area contributed by atoms with Crippen molar-refractivity contribution < 1.29 is 35.1 Å². The average molecular weight is 528 g/mol. The van der Waals surface area contributed by atoms with Crippen molar-refractivity contribution in [1.82, 2.24) is 29.7 Å². The molecule has 3 heterocycles. The van der Waals surface area contributed by atoms with Crippen LogP contribution in [0.4, 0.5) is 52.7 Å². The number of halogens is 8. The van der Waals surface area contributed by atoms with Crippen LogP contribution in [0.15, 0.2) is 30.6 Å². The minimum atomic E-state index is -4.75. The second-order valence-electron chi connectivity index (χ2n) is 7.42. The fourth-order valence-electron chi connectivity index (χ4n) is 3.22. The molecule has 1 saturated carbocycles. The first-order valence-corrected chi connectivity index (χ1v) is 9.62. The Morgan fingerprint density at radius 1 is 0.943 bits per heavy atom. The molecule has 0 spiro atoms. The van der Waals surface area contributed by atoms with E-state index >= 15 is 0 Å². The first-order valence-electron chi connectivity index (χ1n) is 9.62. The Hall–Kier alpha value is -3.24. The second kappa shape index (κ2) is 9.43. The monoisotopic (exact) mass is 528 g/mol. The van der Waals surface area contributed by atoms with Crippen molar-refractivity contribution in [3.05, 3.63) is 42.0 Å². The molecule has 0 radical (unpaired) electrons. The van der Waals surface area contributed by atoms with Crippen LogP contribution in [0.25, 0.3) is 5.95 Å². The molecule has 17 heteroatoms. The summed E-state index contributed by atoms with van der Waals surface area (Å²) >= 11 is 0. The highest BCUT2D eigenvalue weighted by Crippen LogP contribution is 2.36. The summed E-state index contributed by atoms with van der Waals surface area (Å²) < 4.78 is 105. The first kappa shape index (κ1) is 26.4. The standard InChI is InChI=1S/C18H14F8N8.H2S/c19-16(20)4-1-10(8-16)29-14-30-13(28-9-2-5-27-12(7-9)18(24,25)26)31-15(32-14)34-6-3-11(33-34)17(21,22)23;/h2-3,5-7,10H,1,4,8H2,(H2,27,28,29,30,31,32);1H2/t10-;/m0./s1. The summed E-state index contributed by atoms with van der Waals surface area (Å²) in [6, 6.07) is 1.78. The van der Waals surface area contributed by atoms with Gasteiger partial charge in [0.05, 0.1) is 0 Å². The number of anilines is 3. The summed E-state index contributed by atoms with van der Waals surface area (Å²) in [5.74, 6) is -3.96. The van der Waals surface area contributed by atoms with Gasteiger partial charge >= 0.3 is 12.4 Å². The van der Waals surface area contributed by atoms with Crippen LogP contribution in [-0.4, -0.2) is 41.7 Å². The fraction of sp³-hybridized carbons (Fsp3) is 0.389. The van der Waals surface area contributed by atoms with Crippen molar-refractivity contribution >= 4 is 31.1 Å². The fourth-order valence-corrected chi connectivity index (χ4v) is 3.22. The van der Waals surface area contributed by atoms with Gasteiger partial charge in [-0.05, 0) is 24.6 Å². The number of hydrogen-bond donors (Lipinski definition) is 2. The SMILES string of the molecule is FC1(F)CC[C@H](Nc2nc(Nc3ccnc(C(F)(F)F)c3)nc(-n3ccc(C(F)(F)F)n3)n2)C1.S. The van der Waals surface area contributed by atoms with Gasteiger partial charge in [-0.2, -0.15) is 59.9 Å². The highest BCUT2D eigenvalue weighted by molar-refractivity contribution is 7.59. The number of rotatable bonds is 5. The smallest absolute Gasteiger partial charge is 0.351 e. The van der Waals surface area contributed by atoms with E-state index in [2.05, 4.69) is 35.7 Å². The average Bonchev–Trinajstić information content (AvgIpc) is 3.34. The van der Waals surface area contributed by atoms with Crippen molar-refractivity contribution in [3.8, 4) is 5.95 Å². The summed E-state index contributed by atoms with van der Waals surface area (Å²) in [4.78, 5) is 15.0. The van der Waals surface area contributed by atoms with Crippen molar-refractivity contribution in [1.29, 1.82) is 0 Å². The second-order valence-corrected chi connectivity index (χ2v) is 7.42. The van der Waals surface area contributed by atoms with E-state index in [-0.39, 0.29) is 43.9 Å². The Bertz CT molecular complexity index is 1180. The highest BCUT2D eigenvalue weighted by Gasteiger charge is 2.40. The van der Waals surface area contributed by atoms with Crippen LogP contribution in [0.1, 0.15) is 30.7 Å². The molecule has 1 fully saturated rings. The van der Waals surface area contributed by atoms with Crippen LogP contribution in [0, 0.1) is 0 Å². The van der Waals surface area contributed by atoms with E-state index in [0.29, 0.717) is 16.8 Å². The van der Waals surface area contributed by atoms with Gasteiger partial charge < -0.3 is 10.6 Å². The molecular formula is C18H16F8N8S. The molecule has 1 aliphatic carbocycles. The third-order valence-electron chi connectivity index (χ3n) is 4.75. The Kier molecular flexibility index (Phi) is 7.10. The van der Waals surface area contributed by atoms with E-state index in [1.54, 1.807) is 0 Å². The van der Waals surface area contributed by atoms with Crippen LogP contribution in [0.5, 0.6) is 0 Å². The maximum absolute atomic E-state index is 13.5. The lowest BCUT2D eigenvalue weighted by molar-refractivity contribution is -0.142. The van der Waals surface area contributed by atoms with Gasteiger partial charge in [-0.1, -0.05) is 0 Å². The number of nitrogens with zero attached hydrogens (tertiary/aromatic N) is 6. The molecule has 35 heavy (non-hydrogen) atoms. The zero-order valence-electron chi connectivity index (χ0n) is 17.3. The highest BCUT2D eigenvalue weighted by atomic mass is 32.1. The molecule has 1 atom stereocenters. The molecular weight excluding hydrogens is 512 g/mol. The normalized spacial score (nSPS) is 17.7. The van der Waals surface area contributed by atoms with E-state index in [1.807, 2.05) is 0 Å². The molecule has 190 valence electrons.